The number of fused-ring (bicyclic) bond motifs is 5. The zero-order chi connectivity index (χ0) is 22.4. The van der Waals surface area contributed by atoms with Crippen LogP contribution in [0.4, 0.5) is 17.3 Å². The normalized spacial score (nSPS) is 15.6. The molecule has 1 amide bonds. The van der Waals surface area contributed by atoms with Crippen LogP contribution in [0.1, 0.15) is 27.2 Å². The van der Waals surface area contributed by atoms with Crippen LogP contribution in [0, 0.1) is 0 Å². The molecule has 32 heavy (non-hydrogen) atoms. The lowest BCUT2D eigenvalue weighted by molar-refractivity contribution is 0.0586. The third kappa shape index (κ3) is 3.57. The summed E-state index contributed by atoms with van der Waals surface area (Å²) in [5.74, 6) is -0.0729. The predicted molar refractivity (Wildman–Crippen MR) is 124 cm³/mol. The van der Waals surface area contributed by atoms with E-state index >= 15 is 0 Å². The van der Waals surface area contributed by atoms with Crippen molar-refractivity contribution in [1.82, 2.24) is 20.3 Å². The largest absolute Gasteiger partial charge is 0.463 e. The molecule has 0 spiro atoms. The van der Waals surface area contributed by atoms with Gasteiger partial charge in [-0.3, -0.25) is 4.79 Å². The number of hydrogen-bond acceptors (Lipinski definition) is 9. The van der Waals surface area contributed by atoms with Gasteiger partial charge >= 0.3 is 5.97 Å². The molecule has 0 saturated heterocycles. The van der Waals surface area contributed by atoms with Crippen molar-refractivity contribution in [2.45, 2.75) is 13.0 Å². The third-order valence-corrected chi connectivity index (χ3v) is 6.36. The minimum absolute atomic E-state index is 0.0376. The van der Waals surface area contributed by atoms with Crippen molar-refractivity contribution in [1.29, 1.82) is 0 Å². The zero-order valence-corrected chi connectivity index (χ0v) is 18.6. The second-order valence-corrected chi connectivity index (χ2v) is 8.72. The number of nitrogens with zero attached hydrogens (tertiary/aromatic N) is 3. The highest BCUT2D eigenvalue weighted by atomic mass is 35.5. The van der Waals surface area contributed by atoms with Crippen LogP contribution < -0.4 is 16.0 Å². The van der Waals surface area contributed by atoms with Crippen molar-refractivity contribution in [2.75, 3.05) is 24.3 Å². The van der Waals surface area contributed by atoms with Crippen LogP contribution in [0.3, 0.4) is 0 Å². The summed E-state index contributed by atoms with van der Waals surface area (Å²) >= 11 is 7.47. The molecule has 0 bridgehead atoms. The molecular formula is C21H17ClN6O3S. The molecule has 11 heteroatoms. The Balaban J connectivity index is 1.56. The molecule has 1 unspecified atom stereocenters. The number of amides is 1. The number of hydrogen-bond donors (Lipinski definition) is 3. The minimum Gasteiger partial charge on any atom is -0.463 e. The van der Waals surface area contributed by atoms with Crippen LogP contribution in [0.25, 0.3) is 21.0 Å². The molecule has 4 heterocycles. The number of esters is 1. The monoisotopic (exact) mass is 468 g/mol. The Labute approximate surface area is 191 Å². The van der Waals surface area contributed by atoms with Crippen LogP contribution in [0.2, 0.25) is 5.15 Å². The van der Waals surface area contributed by atoms with E-state index in [0.29, 0.717) is 23.1 Å². The third-order valence-electron chi connectivity index (χ3n) is 5.01. The number of aromatic nitrogens is 3. The first-order chi connectivity index (χ1) is 15.4. The summed E-state index contributed by atoms with van der Waals surface area (Å²) in [4.78, 5) is 37.7. The van der Waals surface area contributed by atoms with E-state index in [9.17, 15) is 9.59 Å². The molecule has 0 aliphatic carbocycles. The smallest absolute Gasteiger partial charge is 0.376 e. The Morgan fingerprint density at radius 1 is 1.22 bits per heavy atom. The Bertz CT molecular complexity index is 1410. The van der Waals surface area contributed by atoms with Gasteiger partial charge in [-0.1, -0.05) is 11.6 Å². The quantitative estimate of drug-likeness (QED) is 0.305. The summed E-state index contributed by atoms with van der Waals surface area (Å²) in [7, 11) is 1.25. The SMILES string of the molecule is COC(=O)c1nc(Cl)cc(Nc2ccc3c(ccc4sc5c(c43)NCC(C)NC5=O)n2)n1. The highest BCUT2D eigenvalue weighted by Crippen LogP contribution is 2.41. The van der Waals surface area contributed by atoms with E-state index in [2.05, 4.69) is 35.6 Å². The van der Waals surface area contributed by atoms with Gasteiger partial charge in [-0.05, 0) is 31.2 Å². The minimum atomic E-state index is -0.687. The Kier molecular flexibility index (Phi) is 5.03. The first-order valence-corrected chi connectivity index (χ1v) is 10.9. The van der Waals surface area contributed by atoms with Gasteiger partial charge in [0.2, 0.25) is 5.82 Å². The number of carbonyl (C=O) groups is 2. The van der Waals surface area contributed by atoms with Gasteiger partial charge in [-0.25, -0.2) is 19.7 Å². The molecule has 1 aliphatic rings. The topological polar surface area (TPSA) is 118 Å². The van der Waals surface area contributed by atoms with Gasteiger partial charge < -0.3 is 20.7 Å². The number of nitrogens with one attached hydrogen (secondary N) is 3. The average molecular weight is 469 g/mol. The summed E-state index contributed by atoms with van der Waals surface area (Å²) in [5.41, 5.74) is 1.58. The van der Waals surface area contributed by atoms with Crippen molar-refractivity contribution < 1.29 is 14.3 Å². The van der Waals surface area contributed by atoms with Crippen LogP contribution in [0.15, 0.2) is 30.3 Å². The van der Waals surface area contributed by atoms with E-state index in [1.165, 1.54) is 24.5 Å². The van der Waals surface area contributed by atoms with E-state index in [0.717, 1.165) is 26.7 Å². The molecule has 9 nitrogen and oxygen atoms in total. The number of thiophene rings is 1. The molecule has 1 aromatic carbocycles. The van der Waals surface area contributed by atoms with E-state index in [4.69, 9.17) is 11.6 Å². The fraction of sp³-hybridized carbons (Fsp3) is 0.190. The van der Waals surface area contributed by atoms with Crippen molar-refractivity contribution in [3.63, 3.8) is 0 Å². The molecule has 4 aromatic rings. The Hall–Kier alpha value is -3.50. The fourth-order valence-corrected chi connectivity index (χ4v) is 4.87. The maximum atomic E-state index is 12.6. The molecule has 0 saturated carbocycles. The van der Waals surface area contributed by atoms with Gasteiger partial charge in [0.15, 0.2) is 0 Å². The zero-order valence-electron chi connectivity index (χ0n) is 17.0. The number of carbonyl (C=O) groups excluding carboxylic acids is 2. The first kappa shape index (κ1) is 20.4. The fourth-order valence-electron chi connectivity index (χ4n) is 3.59. The molecule has 1 aliphatic heterocycles. The van der Waals surface area contributed by atoms with Crippen LogP contribution in [-0.4, -0.2) is 46.5 Å². The number of anilines is 3. The summed E-state index contributed by atoms with van der Waals surface area (Å²) in [6, 6.07) is 9.15. The number of methoxy groups -OCH3 is 1. The van der Waals surface area contributed by atoms with Crippen molar-refractivity contribution >= 4 is 73.1 Å². The number of halogens is 1. The molecule has 3 aromatic heterocycles. The van der Waals surface area contributed by atoms with E-state index in [1.54, 1.807) is 6.07 Å². The molecule has 0 radical (unpaired) electrons. The van der Waals surface area contributed by atoms with Gasteiger partial charge in [0.25, 0.3) is 5.91 Å². The van der Waals surface area contributed by atoms with Gasteiger partial charge in [-0.2, -0.15) is 0 Å². The maximum Gasteiger partial charge on any atom is 0.376 e. The predicted octanol–water partition coefficient (Wildman–Crippen LogP) is 3.97. The van der Waals surface area contributed by atoms with Crippen molar-refractivity contribution in [3.05, 3.63) is 46.2 Å². The van der Waals surface area contributed by atoms with Gasteiger partial charge in [0.05, 0.1) is 18.3 Å². The second-order valence-electron chi connectivity index (χ2n) is 7.28. The number of ether oxygens (including phenoxy) is 1. The van der Waals surface area contributed by atoms with E-state index in [-0.39, 0.29) is 22.9 Å². The molecule has 1 atom stereocenters. The summed E-state index contributed by atoms with van der Waals surface area (Å²) in [6.45, 7) is 2.61. The molecule has 3 N–H and O–H groups in total. The Morgan fingerprint density at radius 3 is 2.88 bits per heavy atom. The summed E-state index contributed by atoms with van der Waals surface area (Å²) in [6.07, 6.45) is 0. The lowest BCUT2D eigenvalue weighted by Gasteiger charge is -2.10. The van der Waals surface area contributed by atoms with Crippen molar-refractivity contribution in [3.8, 4) is 0 Å². The molecule has 0 fully saturated rings. The van der Waals surface area contributed by atoms with Crippen molar-refractivity contribution in [2.24, 2.45) is 0 Å². The summed E-state index contributed by atoms with van der Waals surface area (Å²) in [5, 5.41) is 11.5. The summed E-state index contributed by atoms with van der Waals surface area (Å²) < 4.78 is 5.66. The second kappa shape index (κ2) is 7.88. The standard InChI is InChI=1S/C21H17ClN6O3S/c1-9-8-23-17-16-10-3-6-14(27-15-7-13(22)26-19(28-15)21(30)31-2)25-11(10)4-5-12(16)32-18(17)20(29)24-9/h3-7,9,23H,8H2,1-2H3,(H,24,29)(H,25,26,27,28). The lowest BCUT2D eigenvalue weighted by Crippen LogP contribution is -2.34. The molecular weight excluding hydrogens is 452 g/mol. The maximum absolute atomic E-state index is 12.6. The van der Waals surface area contributed by atoms with Crippen LogP contribution in [-0.2, 0) is 4.74 Å². The van der Waals surface area contributed by atoms with Gasteiger partial charge in [0.1, 0.15) is 21.7 Å². The number of benzene rings is 1. The lowest BCUT2D eigenvalue weighted by atomic mass is 10.1. The average Bonchev–Trinajstić information content (AvgIpc) is 3.09. The van der Waals surface area contributed by atoms with Crippen LogP contribution >= 0.6 is 22.9 Å². The number of rotatable bonds is 3. The van der Waals surface area contributed by atoms with E-state index < -0.39 is 5.97 Å². The van der Waals surface area contributed by atoms with Crippen LogP contribution in [0.5, 0.6) is 0 Å². The first-order valence-electron chi connectivity index (χ1n) is 9.74. The highest BCUT2D eigenvalue weighted by Gasteiger charge is 2.24. The Morgan fingerprint density at radius 2 is 2.06 bits per heavy atom. The molecule has 162 valence electrons. The number of pyridine rings is 1. The van der Waals surface area contributed by atoms with Gasteiger partial charge in [-0.15, -0.1) is 11.3 Å². The van der Waals surface area contributed by atoms with Gasteiger partial charge in [0, 0.05) is 34.1 Å². The van der Waals surface area contributed by atoms with E-state index in [1.807, 2.05) is 25.1 Å². The molecule has 5 rings (SSSR count). The highest BCUT2D eigenvalue weighted by molar-refractivity contribution is 7.21.